The lowest BCUT2D eigenvalue weighted by Crippen LogP contribution is -2.13. The van der Waals surface area contributed by atoms with Crippen LogP contribution < -0.4 is 4.72 Å². The molecule has 0 amide bonds. The Morgan fingerprint density at radius 2 is 2.29 bits per heavy atom. The van der Waals surface area contributed by atoms with E-state index in [1.54, 1.807) is 6.07 Å². The first kappa shape index (κ1) is 11.6. The molecule has 3 N–H and O–H groups in total. The van der Waals surface area contributed by atoms with Gasteiger partial charge in [-0.3, -0.25) is 9.82 Å². The van der Waals surface area contributed by atoms with Gasteiger partial charge in [-0.2, -0.15) is 13.5 Å². The maximum atomic E-state index is 11.8. The third-order valence-electron chi connectivity index (χ3n) is 2.15. The number of hydrogen-bond donors (Lipinski definition) is 3. The number of imidazole rings is 1. The lowest BCUT2D eigenvalue weighted by atomic mass is 10.2. The van der Waals surface area contributed by atoms with Crippen LogP contribution in [-0.2, 0) is 16.4 Å². The van der Waals surface area contributed by atoms with Crippen molar-refractivity contribution in [1.82, 2.24) is 20.2 Å². The summed E-state index contributed by atoms with van der Waals surface area (Å²) in [6, 6.07) is 1.68. The zero-order chi connectivity index (χ0) is 12.3. The Hall–Kier alpha value is -1.83. The molecule has 2 aromatic rings. The molecule has 0 aliphatic heterocycles. The SMILES string of the molecule is CCCc1cc(NS(=O)(=O)c2cnc[nH]2)n[nH]1. The van der Waals surface area contributed by atoms with Gasteiger partial charge >= 0.3 is 0 Å². The molecule has 0 radical (unpaired) electrons. The fraction of sp³-hybridized carbons (Fsp3) is 0.333. The molecule has 0 aliphatic carbocycles. The highest BCUT2D eigenvalue weighted by Crippen LogP contribution is 2.12. The normalized spacial score (nSPS) is 11.6. The number of nitrogens with one attached hydrogen (secondary N) is 3. The number of sulfonamides is 1. The minimum Gasteiger partial charge on any atom is -0.334 e. The van der Waals surface area contributed by atoms with E-state index < -0.39 is 10.0 Å². The van der Waals surface area contributed by atoms with Crippen molar-refractivity contribution in [3.63, 3.8) is 0 Å². The molecular weight excluding hydrogens is 242 g/mol. The van der Waals surface area contributed by atoms with E-state index in [9.17, 15) is 8.42 Å². The van der Waals surface area contributed by atoms with E-state index in [0.29, 0.717) is 0 Å². The van der Waals surface area contributed by atoms with Crippen molar-refractivity contribution in [2.75, 3.05) is 4.72 Å². The largest absolute Gasteiger partial charge is 0.334 e. The molecule has 0 saturated heterocycles. The third kappa shape index (κ3) is 2.64. The monoisotopic (exact) mass is 255 g/mol. The van der Waals surface area contributed by atoms with Crippen molar-refractivity contribution >= 4 is 15.8 Å². The van der Waals surface area contributed by atoms with Gasteiger partial charge in [0.2, 0.25) is 0 Å². The summed E-state index contributed by atoms with van der Waals surface area (Å²) >= 11 is 0. The smallest absolute Gasteiger partial charge is 0.280 e. The lowest BCUT2D eigenvalue weighted by molar-refractivity contribution is 0.598. The van der Waals surface area contributed by atoms with Crippen LogP contribution in [0, 0.1) is 0 Å². The van der Waals surface area contributed by atoms with Crippen molar-refractivity contribution in [3.05, 3.63) is 24.3 Å². The fourth-order valence-corrected chi connectivity index (χ4v) is 2.29. The van der Waals surface area contributed by atoms with E-state index in [2.05, 4.69) is 24.9 Å². The Kier molecular flexibility index (Phi) is 3.14. The molecule has 0 saturated carbocycles. The molecule has 0 aliphatic rings. The minimum atomic E-state index is -3.62. The fourth-order valence-electron chi connectivity index (χ4n) is 1.39. The highest BCUT2D eigenvalue weighted by molar-refractivity contribution is 7.92. The van der Waals surface area contributed by atoms with Gasteiger partial charge in [0, 0.05) is 11.8 Å². The predicted octanol–water partition coefficient (Wildman–Crippen LogP) is 0.886. The Morgan fingerprint density at radius 3 is 2.94 bits per heavy atom. The highest BCUT2D eigenvalue weighted by atomic mass is 32.2. The molecule has 2 rings (SSSR count). The van der Waals surface area contributed by atoms with Crippen LogP contribution in [0.5, 0.6) is 0 Å². The second kappa shape index (κ2) is 4.58. The van der Waals surface area contributed by atoms with E-state index in [1.165, 1.54) is 12.5 Å². The molecule has 0 aromatic carbocycles. The highest BCUT2D eigenvalue weighted by Gasteiger charge is 2.16. The number of anilines is 1. The summed E-state index contributed by atoms with van der Waals surface area (Å²) in [6.45, 7) is 2.04. The van der Waals surface area contributed by atoms with Gasteiger partial charge in [-0.15, -0.1) is 0 Å². The number of H-pyrrole nitrogens is 2. The Bertz CT molecular complexity index is 572. The Morgan fingerprint density at radius 1 is 1.47 bits per heavy atom. The van der Waals surface area contributed by atoms with Crippen LogP contribution in [-0.4, -0.2) is 28.6 Å². The van der Waals surface area contributed by atoms with Gasteiger partial charge in [0.15, 0.2) is 10.8 Å². The molecule has 0 fully saturated rings. The van der Waals surface area contributed by atoms with E-state index in [-0.39, 0.29) is 10.8 Å². The maximum Gasteiger partial charge on any atom is 0.280 e. The molecule has 2 heterocycles. The van der Waals surface area contributed by atoms with Gasteiger partial charge in [0.25, 0.3) is 10.0 Å². The van der Waals surface area contributed by atoms with Gasteiger partial charge in [-0.1, -0.05) is 13.3 Å². The van der Waals surface area contributed by atoms with E-state index in [0.717, 1.165) is 18.5 Å². The Labute approximate surface area is 98.7 Å². The predicted molar refractivity (Wildman–Crippen MR) is 62.0 cm³/mol. The first-order valence-corrected chi connectivity index (χ1v) is 6.65. The lowest BCUT2D eigenvalue weighted by Gasteiger charge is -2.01. The number of nitrogens with zero attached hydrogens (tertiary/aromatic N) is 2. The first-order chi connectivity index (χ1) is 8.12. The van der Waals surface area contributed by atoms with Crippen molar-refractivity contribution in [3.8, 4) is 0 Å². The molecule has 0 atom stereocenters. The average Bonchev–Trinajstić information content (AvgIpc) is 2.88. The number of rotatable bonds is 5. The van der Waals surface area contributed by atoms with Crippen LogP contribution in [0.25, 0.3) is 0 Å². The third-order valence-corrected chi connectivity index (χ3v) is 3.43. The second-order valence-corrected chi connectivity index (χ2v) is 5.20. The molecule has 0 bridgehead atoms. The van der Waals surface area contributed by atoms with E-state index >= 15 is 0 Å². The zero-order valence-electron chi connectivity index (χ0n) is 9.27. The van der Waals surface area contributed by atoms with Crippen molar-refractivity contribution in [2.45, 2.75) is 24.8 Å². The molecule has 0 unspecified atom stereocenters. The van der Waals surface area contributed by atoms with Crippen LogP contribution >= 0.6 is 0 Å². The van der Waals surface area contributed by atoms with Crippen molar-refractivity contribution < 1.29 is 8.42 Å². The van der Waals surface area contributed by atoms with E-state index in [1.807, 2.05) is 6.92 Å². The summed E-state index contributed by atoms with van der Waals surface area (Å²) in [5.41, 5.74) is 0.898. The zero-order valence-corrected chi connectivity index (χ0v) is 10.1. The van der Waals surface area contributed by atoms with Crippen LogP contribution in [0.2, 0.25) is 0 Å². The van der Waals surface area contributed by atoms with Crippen molar-refractivity contribution in [1.29, 1.82) is 0 Å². The summed E-state index contributed by atoms with van der Waals surface area (Å²) in [5, 5.41) is 6.66. The van der Waals surface area contributed by atoms with Gasteiger partial charge in [-0.05, 0) is 6.42 Å². The van der Waals surface area contributed by atoms with Gasteiger partial charge in [0.1, 0.15) is 0 Å². The molecule has 2 aromatic heterocycles. The summed E-state index contributed by atoms with van der Waals surface area (Å²) in [6.07, 6.45) is 4.34. The van der Waals surface area contributed by atoms with Gasteiger partial charge in [0.05, 0.1) is 12.5 Å². The first-order valence-electron chi connectivity index (χ1n) is 5.17. The summed E-state index contributed by atoms with van der Waals surface area (Å²) in [7, 11) is -3.62. The molecule has 92 valence electrons. The number of aromatic nitrogens is 4. The Balaban J connectivity index is 2.15. The van der Waals surface area contributed by atoms with Crippen LogP contribution in [0.1, 0.15) is 19.0 Å². The summed E-state index contributed by atoms with van der Waals surface area (Å²) in [4.78, 5) is 6.19. The minimum absolute atomic E-state index is 0.0116. The maximum absolute atomic E-state index is 11.8. The number of aromatic amines is 2. The number of hydrogen-bond acceptors (Lipinski definition) is 4. The summed E-state index contributed by atoms with van der Waals surface area (Å²) < 4.78 is 25.9. The topological polar surface area (TPSA) is 104 Å². The van der Waals surface area contributed by atoms with Gasteiger partial charge < -0.3 is 4.98 Å². The van der Waals surface area contributed by atoms with Crippen LogP contribution in [0.3, 0.4) is 0 Å². The summed E-state index contributed by atoms with van der Waals surface area (Å²) in [5.74, 6) is 0.281. The molecular formula is C9H13N5O2S. The number of aryl methyl sites for hydroxylation is 1. The quantitative estimate of drug-likeness (QED) is 0.738. The van der Waals surface area contributed by atoms with Crippen LogP contribution in [0.15, 0.2) is 23.6 Å². The van der Waals surface area contributed by atoms with Gasteiger partial charge in [-0.25, -0.2) is 4.98 Å². The molecule has 7 nitrogen and oxygen atoms in total. The van der Waals surface area contributed by atoms with Crippen LogP contribution in [0.4, 0.5) is 5.82 Å². The van der Waals surface area contributed by atoms with E-state index in [4.69, 9.17) is 0 Å². The standard InChI is InChI=1S/C9H13N5O2S/c1-2-3-7-4-8(13-12-7)14-17(15,16)9-5-10-6-11-9/h4-6H,2-3H2,1H3,(H,10,11)(H2,12,13,14). The molecule has 0 spiro atoms. The second-order valence-electron chi connectivity index (χ2n) is 3.55. The average molecular weight is 255 g/mol. The van der Waals surface area contributed by atoms with Crippen molar-refractivity contribution in [2.24, 2.45) is 0 Å². The molecule has 17 heavy (non-hydrogen) atoms. The molecule has 8 heteroatoms.